The quantitative estimate of drug-likeness (QED) is 0.745. The number of esters is 1. The number of methoxy groups -OCH3 is 2. The molecule has 0 radical (unpaired) electrons. The number of benzene rings is 1. The second-order valence-corrected chi connectivity index (χ2v) is 4.72. The highest BCUT2D eigenvalue weighted by atomic mass is 16.5. The second-order valence-electron chi connectivity index (χ2n) is 4.72. The van der Waals surface area contributed by atoms with Gasteiger partial charge in [0.2, 0.25) is 0 Å². The Balaban J connectivity index is 2.02. The number of carbonyl (C=O) groups excluding carboxylic acids is 1. The maximum absolute atomic E-state index is 11.9. The van der Waals surface area contributed by atoms with Crippen molar-refractivity contribution in [3.05, 3.63) is 24.3 Å². The highest BCUT2D eigenvalue weighted by Gasteiger charge is 2.33. The van der Waals surface area contributed by atoms with E-state index in [2.05, 4.69) is 0 Å². The average Bonchev–Trinajstić information content (AvgIpc) is 3.01. The van der Waals surface area contributed by atoms with Gasteiger partial charge >= 0.3 is 5.97 Å². The van der Waals surface area contributed by atoms with Gasteiger partial charge in [-0.25, -0.2) is 0 Å². The van der Waals surface area contributed by atoms with Crippen LogP contribution in [-0.2, 0) is 14.3 Å². The van der Waals surface area contributed by atoms with E-state index in [0.717, 1.165) is 6.42 Å². The zero-order valence-corrected chi connectivity index (χ0v) is 11.8. The van der Waals surface area contributed by atoms with Crippen LogP contribution >= 0.6 is 0 Å². The third-order valence-electron chi connectivity index (χ3n) is 3.53. The van der Waals surface area contributed by atoms with Crippen LogP contribution in [-0.4, -0.2) is 40.0 Å². The molecule has 5 heteroatoms. The summed E-state index contributed by atoms with van der Waals surface area (Å²) in [6.07, 6.45) is 0.856. The van der Waals surface area contributed by atoms with Crippen molar-refractivity contribution < 1.29 is 23.7 Å². The van der Waals surface area contributed by atoms with E-state index in [-0.39, 0.29) is 24.4 Å². The molecule has 1 saturated heterocycles. The lowest BCUT2D eigenvalue weighted by Crippen LogP contribution is -2.31. The molecule has 0 aliphatic carbocycles. The fraction of sp³-hybridized carbons (Fsp3) is 0.533. The molecule has 0 spiro atoms. The van der Waals surface area contributed by atoms with Crippen LogP contribution in [0.15, 0.2) is 24.3 Å². The monoisotopic (exact) mass is 280 g/mol. The van der Waals surface area contributed by atoms with Crippen LogP contribution in [0.2, 0.25) is 0 Å². The van der Waals surface area contributed by atoms with Crippen molar-refractivity contribution in [2.24, 2.45) is 11.8 Å². The zero-order chi connectivity index (χ0) is 14.4. The Morgan fingerprint density at radius 1 is 1.35 bits per heavy atom. The van der Waals surface area contributed by atoms with Crippen LogP contribution in [0.5, 0.6) is 11.5 Å². The molecule has 1 aliphatic rings. The molecule has 2 unspecified atom stereocenters. The molecular formula is C15H20O5. The first-order chi connectivity index (χ1) is 9.76. The Morgan fingerprint density at radius 2 is 2.10 bits per heavy atom. The maximum Gasteiger partial charge on any atom is 0.312 e. The SMILES string of the molecule is COC(=O)C(COc1ccccc1OC)C1CCOC1. The summed E-state index contributed by atoms with van der Waals surface area (Å²) in [5.41, 5.74) is 0. The smallest absolute Gasteiger partial charge is 0.312 e. The summed E-state index contributed by atoms with van der Waals surface area (Å²) in [7, 11) is 2.99. The van der Waals surface area contributed by atoms with Gasteiger partial charge in [-0.2, -0.15) is 0 Å². The van der Waals surface area contributed by atoms with Crippen LogP contribution in [0, 0.1) is 11.8 Å². The van der Waals surface area contributed by atoms with Crippen molar-refractivity contribution in [1.29, 1.82) is 0 Å². The van der Waals surface area contributed by atoms with E-state index in [1.807, 2.05) is 24.3 Å². The van der Waals surface area contributed by atoms with Crippen LogP contribution < -0.4 is 9.47 Å². The maximum atomic E-state index is 11.9. The molecule has 20 heavy (non-hydrogen) atoms. The summed E-state index contributed by atoms with van der Waals surface area (Å²) in [5, 5.41) is 0. The molecule has 0 amide bonds. The molecule has 1 aromatic rings. The van der Waals surface area contributed by atoms with Gasteiger partial charge in [-0.1, -0.05) is 12.1 Å². The Bertz CT molecular complexity index is 440. The lowest BCUT2D eigenvalue weighted by molar-refractivity contribution is -0.148. The number of carbonyl (C=O) groups is 1. The molecule has 0 aromatic heterocycles. The molecular weight excluding hydrogens is 260 g/mol. The van der Waals surface area contributed by atoms with Gasteiger partial charge in [-0.15, -0.1) is 0 Å². The number of rotatable bonds is 6. The molecule has 0 bridgehead atoms. The van der Waals surface area contributed by atoms with E-state index in [0.29, 0.717) is 24.7 Å². The molecule has 0 saturated carbocycles. The van der Waals surface area contributed by atoms with Gasteiger partial charge < -0.3 is 18.9 Å². The van der Waals surface area contributed by atoms with E-state index >= 15 is 0 Å². The van der Waals surface area contributed by atoms with Crippen LogP contribution in [0.3, 0.4) is 0 Å². The van der Waals surface area contributed by atoms with Gasteiger partial charge in [-0.05, 0) is 18.6 Å². The van der Waals surface area contributed by atoms with E-state index < -0.39 is 0 Å². The van der Waals surface area contributed by atoms with Crippen LogP contribution in [0.4, 0.5) is 0 Å². The van der Waals surface area contributed by atoms with Gasteiger partial charge in [0, 0.05) is 12.5 Å². The molecule has 2 atom stereocenters. The average molecular weight is 280 g/mol. The van der Waals surface area contributed by atoms with E-state index in [1.165, 1.54) is 7.11 Å². The third-order valence-corrected chi connectivity index (χ3v) is 3.53. The number of hydrogen-bond acceptors (Lipinski definition) is 5. The fourth-order valence-electron chi connectivity index (χ4n) is 2.34. The van der Waals surface area contributed by atoms with Gasteiger partial charge in [0.15, 0.2) is 11.5 Å². The lowest BCUT2D eigenvalue weighted by atomic mass is 9.92. The zero-order valence-electron chi connectivity index (χ0n) is 11.8. The van der Waals surface area contributed by atoms with E-state index in [9.17, 15) is 4.79 Å². The minimum absolute atomic E-state index is 0.150. The number of hydrogen-bond donors (Lipinski definition) is 0. The first kappa shape index (κ1) is 14.7. The Kier molecular flexibility index (Phi) is 5.24. The van der Waals surface area contributed by atoms with Crippen molar-refractivity contribution in [2.45, 2.75) is 6.42 Å². The highest BCUT2D eigenvalue weighted by Crippen LogP contribution is 2.29. The minimum atomic E-state index is -0.313. The fourth-order valence-corrected chi connectivity index (χ4v) is 2.34. The standard InChI is InChI=1S/C15H20O5/c1-17-13-5-3-4-6-14(13)20-10-12(15(16)18-2)11-7-8-19-9-11/h3-6,11-12H,7-10H2,1-2H3. The second kappa shape index (κ2) is 7.14. The van der Waals surface area contributed by atoms with Gasteiger partial charge in [0.25, 0.3) is 0 Å². The molecule has 1 aromatic carbocycles. The van der Waals surface area contributed by atoms with Crippen molar-refractivity contribution in [1.82, 2.24) is 0 Å². The Morgan fingerprint density at radius 3 is 2.70 bits per heavy atom. The van der Waals surface area contributed by atoms with Crippen molar-refractivity contribution in [3.8, 4) is 11.5 Å². The summed E-state index contributed by atoms with van der Waals surface area (Å²) in [4.78, 5) is 11.9. The summed E-state index contributed by atoms with van der Waals surface area (Å²) < 4.78 is 21.2. The highest BCUT2D eigenvalue weighted by molar-refractivity contribution is 5.73. The first-order valence-electron chi connectivity index (χ1n) is 6.67. The summed E-state index contributed by atoms with van der Waals surface area (Å²) >= 11 is 0. The number of ether oxygens (including phenoxy) is 4. The molecule has 2 rings (SSSR count). The molecule has 5 nitrogen and oxygen atoms in total. The van der Waals surface area contributed by atoms with Gasteiger partial charge in [0.05, 0.1) is 26.7 Å². The lowest BCUT2D eigenvalue weighted by Gasteiger charge is -2.20. The third kappa shape index (κ3) is 3.42. The van der Waals surface area contributed by atoms with Gasteiger partial charge in [-0.3, -0.25) is 4.79 Å². The summed E-state index contributed by atoms with van der Waals surface area (Å²) in [5.74, 6) is 0.863. The number of para-hydroxylation sites is 2. The summed E-state index contributed by atoms with van der Waals surface area (Å²) in [6.45, 7) is 1.53. The van der Waals surface area contributed by atoms with E-state index in [4.69, 9.17) is 18.9 Å². The van der Waals surface area contributed by atoms with Crippen molar-refractivity contribution in [3.63, 3.8) is 0 Å². The topological polar surface area (TPSA) is 54.0 Å². The van der Waals surface area contributed by atoms with Crippen LogP contribution in [0.25, 0.3) is 0 Å². The van der Waals surface area contributed by atoms with Gasteiger partial charge in [0.1, 0.15) is 6.61 Å². The first-order valence-corrected chi connectivity index (χ1v) is 6.67. The Labute approximate surface area is 118 Å². The molecule has 1 heterocycles. The largest absolute Gasteiger partial charge is 0.493 e. The molecule has 110 valence electrons. The normalized spacial score (nSPS) is 19.4. The van der Waals surface area contributed by atoms with E-state index in [1.54, 1.807) is 7.11 Å². The summed E-state index contributed by atoms with van der Waals surface area (Å²) in [6, 6.07) is 7.37. The van der Waals surface area contributed by atoms with Crippen molar-refractivity contribution >= 4 is 5.97 Å². The minimum Gasteiger partial charge on any atom is -0.493 e. The Hall–Kier alpha value is -1.75. The van der Waals surface area contributed by atoms with Crippen molar-refractivity contribution in [2.75, 3.05) is 34.0 Å². The predicted molar refractivity (Wildman–Crippen MR) is 72.9 cm³/mol. The molecule has 1 fully saturated rings. The molecule has 1 aliphatic heterocycles. The predicted octanol–water partition coefficient (Wildman–Crippen LogP) is 1.90. The van der Waals surface area contributed by atoms with Crippen LogP contribution in [0.1, 0.15) is 6.42 Å². The molecule has 0 N–H and O–H groups in total.